The lowest BCUT2D eigenvalue weighted by Gasteiger charge is -2.15. The highest BCUT2D eigenvalue weighted by Gasteiger charge is 2.45. The maximum Gasteiger partial charge on any atom is 0.226 e. The molecule has 11 heteroatoms. The molecule has 0 bridgehead atoms. The van der Waals surface area contributed by atoms with E-state index in [0.717, 1.165) is 5.56 Å². The molecule has 8 nitrogen and oxygen atoms in total. The quantitative estimate of drug-likeness (QED) is 0.536. The topological polar surface area (TPSA) is 105 Å². The number of aromatic nitrogens is 4. The van der Waals surface area contributed by atoms with Crippen LogP contribution in [0.4, 0.5) is 10.2 Å². The van der Waals surface area contributed by atoms with Gasteiger partial charge >= 0.3 is 0 Å². The van der Waals surface area contributed by atoms with E-state index in [1.807, 2.05) is 12.1 Å². The number of aliphatic hydroxyl groups excluding tert-OH is 2. The summed E-state index contributed by atoms with van der Waals surface area (Å²) < 4.78 is 21.2. The Morgan fingerprint density at radius 1 is 1.21 bits per heavy atom. The summed E-state index contributed by atoms with van der Waals surface area (Å²) in [6, 6.07) is 7.28. The third-order valence-corrected chi connectivity index (χ3v) is 4.94. The second-order valence-electron chi connectivity index (χ2n) is 6.33. The van der Waals surface area contributed by atoms with Gasteiger partial charge in [-0.15, -0.1) is 0 Å². The smallest absolute Gasteiger partial charge is 0.226 e. The first-order chi connectivity index (χ1) is 13.5. The minimum atomic E-state index is -1.76. The number of fused-ring (bicyclic) bond motifs is 1. The summed E-state index contributed by atoms with van der Waals surface area (Å²) in [7, 11) is 0. The maximum atomic E-state index is 14.5. The molecule has 3 N–H and O–H groups in total. The van der Waals surface area contributed by atoms with Crippen LogP contribution in [0.5, 0.6) is 0 Å². The number of rotatable bonds is 5. The second-order valence-corrected chi connectivity index (χ2v) is 7.10. The monoisotopic (exact) mass is 427 g/mol. The van der Waals surface area contributed by atoms with Gasteiger partial charge in [0.2, 0.25) is 5.28 Å². The van der Waals surface area contributed by atoms with Gasteiger partial charge in [-0.05, 0) is 29.3 Å². The molecule has 2 aromatic heterocycles. The summed E-state index contributed by atoms with van der Waals surface area (Å²) in [5, 5.41) is 22.8. The van der Waals surface area contributed by atoms with Gasteiger partial charge in [0.15, 0.2) is 29.4 Å². The van der Waals surface area contributed by atoms with Gasteiger partial charge < -0.3 is 20.3 Å². The van der Waals surface area contributed by atoms with Gasteiger partial charge in [-0.25, -0.2) is 9.37 Å². The van der Waals surface area contributed by atoms with Crippen molar-refractivity contribution in [3.05, 3.63) is 46.5 Å². The van der Waals surface area contributed by atoms with Crippen LogP contribution in [0.2, 0.25) is 10.3 Å². The van der Waals surface area contributed by atoms with Crippen LogP contribution in [-0.4, -0.2) is 54.7 Å². The van der Waals surface area contributed by atoms with E-state index in [-0.39, 0.29) is 10.9 Å². The molecule has 1 saturated heterocycles. The molecule has 0 saturated carbocycles. The van der Waals surface area contributed by atoms with E-state index >= 15 is 0 Å². The summed E-state index contributed by atoms with van der Waals surface area (Å²) in [5.41, 5.74) is 1.58. The van der Waals surface area contributed by atoms with Crippen molar-refractivity contribution in [3.63, 3.8) is 0 Å². The molecule has 3 aromatic rings. The van der Waals surface area contributed by atoms with Crippen molar-refractivity contribution < 1.29 is 19.3 Å². The summed E-state index contributed by atoms with van der Waals surface area (Å²) in [4.78, 5) is 12.5. The van der Waals surface area contributed by atoms with Crippen molar-refractivity contribution in [1.29, 1.82) is 0 Å². The number of nitrogens with one attached hydrogen (secondary N) is 1. The zero-order valence-corrected chi connectivity index (χ0v) is 15.8. The van der Waals surface area contributed by atoms with Crippen molar-refractivity contribution in [2.45, 2.75) is 31.2 Å². The first-order valence-corrected chi connectivity index (χ1v) is 9.20. The molecule has 4 rings (SSSR count). The Hall–Kier alpha value is -2.04. The summed E-state index contributed by atoms with van der Waals surface area (Å²) in [5.74, 6) is 0.372. The van der Waals surface area contributed by atoms with E-state index < -0.39 is 31.2 Å². The molecule has 1 aromatic carbocycles. The van der Waals surface area contributed by atoms with Crippen LogP contribution in [-0.2, 0) is 11.3 Å². The fraction of sp³-hybridized carbons (Fsp3) is 0.353. The standard InChI is InChI=1S/C17H16Cl2FN5O3/c18-9-3-1-8(2-4-9)5-21-14-12-15(24-17(19)23-14)25(7-22-12)16-11(20)13(27)10(6-26)28-16/h1-4,7,10-11,13,16,26-27H,5-6H2,(H,21,23,24)/t10-,11+,13-,16-/m1/s1. The first kappa shape index (κ1) is 19.3. The minimum absolute atomic E-state index is 0.0551. The van der Waals surface area contributed by atoms with E-state index in [2.05, 4.69) is 20.3 Å². The average molecular weight is 428 g/mol. The SMILES string of the molecule is OC[C@H]1O[C@@H](n2cnc3c(NCc4ccc(Cl)cc4)nc(Cl)nc32)[C@@H](F)[C@@H]1O. The number of alkyl halides is 1. The number of halogens is 3. The van der Waals surface area contributed by atoms with Gasteiger partial charge in [0, 0.05) is 11.6 Å². The van der Waals surface area contributed by atoms with Gasteiger partial charge in [0.05, 0.1) is 12.9 Å². The van der Waals surface area contributed by atoms with Crippen LogP contribution < -0.4 is 5.32 Å². The number of hydrogen-bond acceptors (Lipinski definition) is 7. The predicted octanol–water partition coefficient (Wildman–Crippen LogP) is 2.33. The molecule has 4 atom stereocenters. The van der Waals surface area contributed by atoms with Crippen molar-refractivity contribution >= 4 is 40.2 Å². The Kier molecular flexibility index (Phi) is 5.35. The van der Waals surface area contributed by atoms with E-state index in [9.17, 15) is 14.6 Å². The third-order valence-electron chi connectivity index (χ3n) is 4.52. The van der Waals surface area contributed by atoms with E-state index in [0.29, 0.717) is 22.9 Å². The summed E-state index contributed by atoms with van der Waals surface area (Å²) >= 11 is 11.9. The Morgan fingerprint density at radius 2 is 1.96 bits per heavy atom. The Labute approximate surface area is 168 Å². The zero-order chi connectivity index (χ0) is 19.8. The lowest BCUT2D eigenvalue weighted by atomic mass is 10.1. The molecule has 1 aliphatic heterocycles. The van der Waals surface area contributed by atoms with E-state index in [4.69, 9.17) is 27.9 Å². The Morgan fingerprint density at radius 3 is 2.64 bits per heavy atom. The van der Waals surface area contributed by atoms with E-state index in [1.54, 1.807) is 12.1 Å². The van der Waals surface area contributed by atoms with Gasteiger partial charge in [0.1, 0.15) is 12.2 Å². The minimum Gasteiger partial charge on any atom is -0.394 e. The predicted molar refractivity (Wildman–Crippen MR) is 101 cm³/mol. The van der Waals surface area contributed by atoms with Crippen LogP contribution in [0.1, 0.15) is 11.8 Å². The van der Waals surface area contributed by atoms with Crippen molar-refractivity contribution in [3.8, 4) is 0 Å². The number of anilines is 1. The molecule has 28 heavy (non-hydrogen) atoms. The number of nitrogens with zero attached hydrogens (tertiary/aromatic N) is 4. The van der Waals surface area contributed by atoms with Crippen molar-refractivity contribution in [2.75, 3.05) is 11.9 Å². The lowest BCUT2D eigenvalue weighted by Crippen LogP contribution is -2.30. The highest BCUT2D eigenvalue weighted by atomic mass is 35.5. The molecule has 0 radical (unpaired) electrons. The molecular weight excluding hydrogens is 412 g/mol. The Balaban J connectivity index is 1.64. The number of aliphatic hydroxyl groups is 2. The molecule has 3 heterocycles. The molecule has 0 unspecified atom stereocenters. The van der Waals surface area contributed by atoms with Gasteiger partial charge in [-0.2, -0.15) is 9.97 Å². The maximum absolute atomic E-state index is 14.5. The molecule has 0 amide bonds. The van der Waals surface area contributed by atoms with Gasteiger partial charge in [0.25, 0.3) is 0 Å². The fourth-order valence-electron chi connectivity index (χ4n) is 3.07. The van der Waals surface area contributed by atoms with Crippen molar-refractivity contribution in [1.82, 2.24) is 19.5 Å². The van der Waals surface area contributed by atoms with Crippen LogP contribution in [0, 0.1) is 0 Å². The first-order valence-electron chi connectivity index (χ1n) is 8.44. The average Bonchev–Trinajstić information content (AvgIpc) is 3.22. The fourth-order valence-corrected chi connectivity index (χ4v) is 3.36. The molecule has 1 fully saturated rings. The summed E-state index contributed by atoms with van der Waals surface area (Å²) in [6.45, 7) is -0.0716. The summed E-state index contributed by atoms with van der Waals surface area (Å²) in [6.07, 6.45) is -4.09. The molecular formula is C17H16Cl2FN5O3. The number of benzene rings is 1. The number of ether oxygens (including phenoxy) is 1. The molecule has 148 valence electrons. The van der Waals surface area contributed by atoms with Crippen LogP contribution >= 0.6 is 23.2 Å². The van der Waals surface area contributed by atoms with Crippen LogP contribution in [0.15, 0.2) is 30.6 Å². The van der Waals surface area contributed by atoms with Gasteiger partial charge in [-0.1, -0.05) is 23.7 Å². The third kappa shape index (κ3) is 3.51. The largest absolute Gasteiger partial charge is 0.394 e. The zero-order valence-electron chi connectivity index (χ0n) is 14.3. The highest BCUT2D eigenvalue weighted by molar-refractivity contribution is 6.30. The number of imidazole rings is 1. The normalized spacial score (nSPS) is 24.8. The van der Waals surface area contributed by atoms with Crippen molar-refractivity contribution in [2.24, 2.45) is 0 Å². The lowest BCUT2D eigenvalue weighted by molar-refractivity contribution is -0.0459. The van der Waals surface area contributed by atoms with Crippen LogP contribution in [0.3, 0.4) is 0 Å². The number of hydrogen-bond donors (Lipinski definition) is 3. The Bertz CT molecular complexity index is 987. The van der Waals surface area contributed by atoms with Crippen LogP contribution in [0.25, 0.3) is 11.2 Å². The molecule has 0 aliphatic carbocycles. The molecule has 0 spiro atoms. The highest BCUT2D eigenvalue weighted by Crippen LogP contribution is 2.34. The molecule has 1 aliphatic rings. The second kappa shape index (κ2) is 7.76. The van der Waals surface area contributed by atoms with Gasteiger partial charge in [-0.3, -0.25) is 4.57 Å². The van der Waals surface area contributed by atoms with E-state index in [1.165, 1.54) is 10.9 Å².